The number of halogens is 4. The smallest absolute Gasteiger partial charge is 0.348 e. The van der Waals surface area contributed by atoms with E-state index < -0.39 is 23.5 Å². The summed E-state index contributed by atoms with van der Waals surface area (Å²) in [6, 6.07) is 2.58. The van der Waals surface area contributed by atoms with Gasteiger partial charge in [-0.05, 0) is 17.7 Å². The first-order valence-electron chi connectivity index (χ1n) is 5.50. The van der Waals surface area contributed by atoms with Gasteiger partial charge in [-0.15, -0.1) is 0 Å². The Bertz CT molecular complexity index is 608. The minimum atomic E-state index is -4.77. The lowest BCUT2D eigenvalue weighted by molar-refractivity contribution is -0.140. The van der Waals surface area contributed by atoms with Gasteiger partial charge in [0.15, 0.2) is 0 Å². The van der Waals surface area contributed by atoms with Crippen molar-refractivity contribution in [1.82, 2.24) is 15.5 Å². The number of hydrogen-bond donors (Lipinski definition) is 2. The summed E-state index contributed by atoms with van der Waals surface area (Å²) >= 11 is 0. The molecule has 4 nitrogen and oxygen atoms in total. The minimum absolute atomic E-state index is 0.145. The van der Waals surface area contributed by atoms with Crippen molar-refractivity contribution in [2.45, 2.75) is 12.7 Å². The highest BCUT2D eigenvalue weighted by molar-refractivity contribution is 5.93. The van der Waals surface area contributed by atoms with Crippen LogP contribution >= 0.6 is 0 Å². The molecule has 0 spiro atoms. The molecule has 0 atom stereocenters. The van der Waals surface area contributed by atoms with Crippen LogP contribution in [0.1, 0.15) is 21.5 Å². The molecular formula is C12H9F4N3O. The Morgan fingerprint density at radius 1 is 1.35 bits per heavy atom. The summed E-state index contributed by atoms with van der Waals surface area (Å²) in [6.07, 6.45) is -2.14. The van der Waals surface area contributed by atoms with Gasteiger partial charge in [0.2, 0.25) is 0 Å². The number of rotatable bonds is 3. The van der Waals surface area contributed by atoms with E-state index in [9.17, 15) is 22.4 Å². The molecule has 0 bridgehead atoms. The molecule has 1 heterocycles. The molecule has 106 valence electrons. The molecule has 0 saturated heterocycles. The number of nitrogens with zero attached hydrogens (tertiary/aromatic N) is 1. The minimum Gasteiger partial charge on any atom is -0.348 e. The van der Waals surface area contributed by atoms with Gasteiger partial charge in [-0.1, -0.05) is 6.07 Å². The summed E-state index contributed by atoms with van der Waals surface area (Å²) in [5.74, 6) is -1.83. The number of aromatic amines is 1. The molecule has 1 aromatic heterocycles. The van der Waals surface area contributed by atoms with E-state index in [0.717, 1.165) is 6.07 Å². The summed E-state index contributed by atoms with van der Waals surface area (Å²) < 4.78 is 50.6. The largest absolute Gasteiger partial charge is 0.419 e. The van der Waals surface area contributed by atoms with Crippen LogP contribution in [0.15, 0.2) is 30.6 Å². The molecule has 2 rings (SSSR count). The maximum Gasteiger partial charge on any atom is 0.419 e. The van der Waals surface area contributed by atoms with Gasteiger partial charge in [-0.3, -0.25) is 9.89 Å². The maximum absolute atomic E-state index is 13.1. The summed E-state index contributed by atoms with van der Waals surface area (Å²) in [5, 5.41) is 8.42. The Morgan fingerprint density at radius 2 is 2.10 bits per heavy atom. The second-order valence-electron chi connectivity index (χ2n) is 3.98. The topological polar surface area (TPSA) is 57.8 Å². The SMILES string of the molecule is O=C(NCc1ccc(F)c(C(F)(F)F)c1)c1cn[nH]c1. The van der Waals surface area contributed by atoms with E-state index in [2.05, 4.69) is 15.5 Å². The molecule has 2 aromatic rings. The zero-order valence-corrected chi connectivity index (χ0v) is 9.96. The van der Waals surface area contributed by atoms with Gasteiger partial charge in [-0.25, -0.2) is 4.39 Å². The molecule has 20 heavy (non-hydrogen) atoms. The zero-order chi connectivity index (χ0) is 14.8. The maximum atomic E-state index is 13.1. The summed E-state index contributed by atoms with van der Waals surface area (Å²) in [6.45, 7) is -0.145. The molecule has 2 N–H and O–H groups in total. The van der Waals surface area contributed by atoms with Crippen LogP contribution in [0.4, 0.5) is 17.6 Å². The quantitative estimate of drug-likeness (QED) is 0.852. The summed E-state index contributed by atoms with van der Waals surface area (Å²) in [7, 11) is 0. The predicted molar refractivity (Wildman–Crippen MR) is 61.2 cm³/mol. The zero-order valence-electron chi connectivity index (χ0n) is 9.96. The predicted octanol–water partition coefficient (Wildman–Crippen LogP) is 2.50. The second-order valence-corrected chi connectivity index (χ2v) is 3.98. The van der Waals surface area contributed by atoms with Crippen LogP contribution in [0.5, 0.6) is 0 Å². The molecular weight excluding hydrogens is 278 g/mol. The highest BCUT2D eigenvalue weighted by atomic mass is 19.4. The Balaban J connectivity index is 2.09. The van der Waals surface area contributed by atoms with Crippen molar-refractivity contribution in [3.05, 3.63) is 53.1 Å². The van der Waals surface area contributed by atoms with Crippen molar-refractivity contribution in [3.63, 3.8) is 0 Å². The average Bonchev–Trinajstić information content (AvgIpc) is 2.90. The van der Waals surface area contributed by atoms with Gasteiger partial charge < -0.3 is 5.32 Å². The third-order valence-corrected chi connectivity index (χ3v) is 2.55. The van der Waals surface area contributed by atoms with E-state index in [0.29, 0.717) is 6.07 Å². The van der Waals surface area contributed by atoms with Gasteiger partial charge in [0.1, 0.15) is 5.82 Å². The van der Waals surface area contributed by atoms with Crippen LogP contribution in [-0.2, 0) is 12.7 Å². The number of alkyl halides is 3. The Kier molecular flexibility index (Phi) is 3.73. The fourth-order valence-corrected chi connectivity index (χ4v) is 1.56. The van der Waals surface area contributed by atoms with Gasteiger partial charge in [0.05, 0.1) is 17.3 Å². The Hall–Kier alpha value is -2.38. The van der Waals surface area contributed by atoms with Crippen LogP contribution < -0.4 is 5.32 Å². The van der Waals surface area contributed by atoms with Crippen LogP contribution in [0, 0.1) is 5.82 Å². The summed E-state index contributed by atoms with van der Waals surface area (Å²) in [5.41, 5.74) is -0.953. The molecule has 8 heteroatoms. The van der Waals surface area contributed by atoms with E-state index in [1.807, 2.05) is 0 Å². The third-order valence-electron chi connectivity index (χ3n) is 2.55. The molecule has 0 aliphatic heterocycles. The van der Waals surface area contributed by atoms with Crippen LogP contribution in [-0.4, -0.2) is 16.1 Å². The van der Waals surface area contributed by atoms with Crippen LogP contribution in [0.2, 0.25) is 0 Å². The van der Waals surface area contributed by atoms with Crippen molar-refractivity contribution in [2.75, 3.05) is 0 Å². The first-order valence-corrected chi connectivity index (χ1v) is 5.50. The van der Waals surface area contributed by atoms with Crippen molar-refractivity contribution in [2.24, 2.45) is 0 Å². The van der Waals surface area contributed by atoms with Crippen molar-refractivity contribution in [3.8, 4) is 0 Å². The standard InChI is InChI=1S/C12H9F4N3O/c13-10-2-1-7(3-9(10)12(14,15)16)4-17-11(20)8-5-18-19-6-8/h1-3,5-6H,4H2,(H,17,20)(H,18,19). The third kappa shape index (κ3) is 3.14. The fraction of sp³-hybridized carbons (Fsp3) is 0.167. The van der Waals surface area contributed by atoms with Crippen molar-refractivity contribution >= 4 is 5.91 Å². The normalized spacial score (nSPS) is 11.4. The van der Waals surface area contributed by atoms with Gasteiger partial charge in [0, 0.05) is 12.7 Å². The molecule has 1 aromatic carbocycles. The Morgan fingerprint density at radius 3 is 2.70 bits per heavy atom. The Labute approximate surface area is 110 Å². The average molecular weight is 287 g/mol. The van der Waals surface area contributed by atoms with Crippen molar-refractivity contribution < 1.29 is 22.4 Å². The lowest BCUT2D eigenvalue weighted by Crippen LogP contribution is -2.22. The van der Waals surface area contributed by atoms with Gasteiger partial charge in [0.25, 0.3) is 5.91 Å². The van der Waals surface area contributed by atoms with Crippen molar-refractivity contribution in [1.29, 1.82) is 0 Å². The highest BCUT2D eigenvalue weighted by Gasteiger charge is 2.34. The summed E-state index contributed by atoms with van der Waals surface area (Å²) in [4.78, 5) is 11.6. The molecule has 0 fully saturated rings. The molecule has 0 unspecified atom stereocenters. The molecule has 1 amide bonds. The molecule has 0 aliphatic carbocycles. The number of hydrogen-bond acceptors (Lipinski definition) is 2. The monoisotopic (exact) mass is 287 g/mol. The number of carbonyl (C=O) groups excluding carboxylic acids is 1. The number of benzene rings is 1. The molecule has 0 saturated carbocycles. The molecule has 0 radical (unpaired) electrons. The molecule has 0 aliphatic rings. The van der Waals surface area contributed by atoms with E-state index in [4.69, 9.17) is 0 Å². The number of amides is 1. The van der Waals surface area contributed by atoms with E-state index in [1.54, 1.807) is 0 Å². The first-order chi connectivity index (χ1) is 9.38. The highest BCUT2D eigenvalue weighted by Crippen LogP contribution is 2.31. The van der Waals surface area contributed by atoms with Gasteiger partial charge in [-0.2, -0.15) is 18.3 Å². The van der Waals surface area contributed by atoms with Crippen LogP contribution in [0.25, 0.3) is 0 Å². The first kappa shape index (κ1) is 14.0. The van der Waals surface area contributed by atoms with Gasteiger partial charge >= 0.3 is 6.18 Å². The second kappa shape index (κ2) is 5.32. The van der Waals surface area contributed by atoms with E-state index in [1.165, 1.54) is 18.5 Å². The lowest BCUT2D eigenvalue weighted by atomic mass is 10.1. The number of carbonyl (C=O) groups is 1. The number of H-pyrrole nitrogens is 1. The van der Waals surface area contributed by atoms with E-state index in [-0.39, 0.29) is 17.7 Å². The fourth-order valence-electron chi connectivity index (χ4n) is 1.56. The lowest BCUT2D eigenvalue weighted by Gasteiger charge is -2.10. The number of nitrogens with one attached hydrogen (secondary N) is 2. The van der Waals surface area contributed by atoms with E-state index >= 15 is 0 Å². The number of aromatic nitrogens is 2. The van der Waals surface area contributed by atoms with Crippen LogP contribution in [0.3, 0.4) is 0 Å².